The Morgan fingerprint density at radius 1 is 1.14 bits per heavy atom. The van der Waals surface area contributed by atoms with Gasteiger partial charge in [0.05, 0.1) is 18.2 Å². The van der Waals surface area contributed by atoms with Crippen LogP contribution in [0.15, 0.2) is 24.3 Å². The number of rotatable bonds is 4. The van der Waals surface area contributed by atoms with E-state index in [1.54, 1.807) is 7.11 Å². The highest BCUT2D eigenvalue weighted by atomic mass is 35.5. The average molecular weight is 417 g/mol. The lowest BCUT2D eigenvalue weighted by Crippen LogP contribution is -2.49. The van der Waals surface area contributed by atoms with E-state index in [0.717, 1.165) is 73.6 Å². The van der Waals surface area contributed by atoms with Crippen molar-refractivity contribution in [2.24, 2.45) is 0 Å². The van der Waals surface area contributed by atoms with Crippen molar-refractivity contribution < 1.29 is 9.53 Å². The summed E-state index contributed by atoms with van der Waals surface area (Å²) >= 11 is 0. The van der Waals surface area contributed by atoms with E-state index < -0.39 is 0 Å². The smallest absolute Gasteiger partial charge is 0.254 e. The first-order chi connectivity index (χ1) is 13.7. The Morgan fingerprint density at radius 2 is 1.93 bits per heavy atom. The van der Waals surface area contributed by atoms with E-state index in [-0.39, 0.29) is 18.3 Å². The van der Waals surface area contributed by atoms with Gasteiger partial charge in [0.25, 0.3) is 5.91 Å². The molecule has 0 spiro atoms. The molecule has 1 unspecified atom stereocenters. The van der Waals surface area contributed by atoms with Gasteiger partial charge >= 0.3 is 0 Å². The number of benzene rings is 1. The van der Waals surface area contributed by atoms with Crippen LogP contribution in [0.2, 0.25) is 0 Å². The van der Waals surface area contributed by atoms with Crippen LogP contribution in [0.5, 0.6) is 5.75 Å². The van der Waals surface area contributed by atoms with Gasteiger partial charge < -0.3 is 15.0 Å². The predicted molar refractivity (Wildman–Crippen MR) is 116 cm³/mol. The molecule has 1 amide bonds. The van der Waals surface area contributed by atoms with Gasteiger partial charge in [0.1, 0.15) is 5.75 Å². The first-order valence-corrected chi connectivity index (χ1v) is 10.5. The van der Waals surface area contributed by atoms with Gasteiger partial charge in [-0.05, 0) is 43.5 Å². The molecule has 1 saturated carbocycles. The highest BCUT2D eigenvalue weighted by Crippen LogP contribution is 2.40. The molecule has 29 heavy (non-hydrogen) atoms. The third kappa shape index (κ3) is 4.06. The lowest BCUT2D eigenvalue weighted by Gasteiger charge is -2.32. The minimum Gasteiger partial charge on any atom is -0.497 e. The molecular formula is C22H29ClN4O2. The number of carbonyl (C=O) groups is 1. The third-order valence-electron chi connectivity index (χ3n) is 6.38. The molecule has 1 atom stereocenters. The number of halogens is 1. The van der Waals surface area contributed by atoms with E-state index in [4.69, 9.17) is 9.72 Å². The maximum atomic E-state index is 13.5. The number of pyridine rings is 1. The van der Waals surface area contributed by atoms with Crippen LogP contribution in [0.1, 0.15) is 41.2 Å². The van der Waals surface area contributed by atoms with Gasteiger partial charge in [0, 0.05) is 62.3 Å². The number of carbonyl (C=O) groups excluding carboxylic acids is 1. The minimum atomic E-state index is 0. The molecule has 0 radical (unpaired) electrons. The monoisotopic (exact) mass is 416 g/mol. The maximum Gasteiger partial charge on any atom is 0.254 e. The van der Waals surface area contributed by atoms with Gasteiger partial charge in [-0.15, -0.1) is 12.4 Å². The number of amides is 1. The van der Waals surface area contributed by atoms with Crippen LogP contribution in [0, 0.1) is 0 Å². The first kappa shape index (κ1) is 20.4. The zero-order valence-corrected chi connectivity index (χ0v) is 17.7. The van der Waals surface area contributed by atoms with Crippen LogP contribution < -0.4 is 10.1 Å². The number of hydrogen-bond acceptors (Lipinski definition) is 5. The quantitative estimate of drug-likeness (QED) is 0.830. The fourth-order valence-corrected chi connectivity index (χ4v) is 4.56. The van der Waals surface area contributed by atoms with Crippen LogP contribution in [0.25, 0.3) is 10.9 Å². The van der Waals surface area contributed by atoms with Crippen molar-refractivity contribution in [1.82, 2.24) is 20.1 Å². The Morgan fingerprint density at radius 3 is 2.66 bits per heavy atom. The van der Waals surface area contributed by atoms with E-state index in [1.165, 1.54) is 12.8 Å². The van der Waals surface area contributed by atoms with Crippen LogP contribution in [0.3, 0.4) is 0 Å². The zero-order valence-electron chi connectivity index (χ0n) is 16.9. The second kappa shape index (κ2) is 8.46. The molecular weight excluding hydrogens is 388 g/mol. The molecule has 3 heterocycles. The summed E-state index contributed by atoms with van der Waals surface area (Å²) in [6.07, 6.45) is 3.42. The van der Waals surface area contributed by atoms with Crippen molar-refractivity contribution >= 4 is 29.2 Å². The van der Waals surface area contributed by atoms with Crippen molar-refractivity contribution in [3.8, 4) is 5.75 Å². The van der Waals surface area contributed by atoms with E-state index in [1.807, 2.05) is 29.2 Å². The molecule has 7 heteroatoms. The topological polar surface area (TPSA) is 57.7 Å². The Kier molecular flexibility index (Phi) is 5.95. The van der Waals surface area contributed by atoms with Gasteiger partial charge in [-0.25, -0.2) is 0 Å². The van der Waals surface area contributed by atoms with Gasteiger partial charge in [0.2, 0.25) is 0 Å². The third-order valence-corrected chi connectivity index (χ3v) is 6.38. The fraction of sp³-hybridized carbons (Fsp3) is 0.545. The molecule has 1 aromatic heterocycles. The summed E-state index contributed by atoms with van der Waals surface area (Å²) in [5.74, 6) is 1.42. The summed E-state index contributed by atoms with van der Waals surface area (Å²) in [5.41, 5.74) is 2.75. The summed E-state index contributed by atoms with van der Waals surface area (Å²) in [4.78, 5) is 22.9. The number of fused-ring (bicyclic) bond motifs is 1. The number of piperazine rings is 1. The summed E-state index contributed by atoms with van der Waals surface area (Å²) in [7, 11) is 1.66. The number of aromatic nitrogens is 1. The Balaban J connectivity index is 0.00000205. The van der Waals surface area contributed by atoms with E-state index >= 15 is 0 Å². The summed E-state index contributed by atoms with van der Waals surface area (Å²) in [5, 5.41) is 4.31. The molecule has 3 fully saturated rings. The van der Waals surface area contributed by atoms with E-state index in [9.17, 15) is 4.79 Å². The highest BCUT2D eigenvalue weighted by molar-refractivity contribution is 6.06. The molecule has 3 aliphatic rings. The van der Waals surface area contributed by atoms with Crippen molar-refractivity contribution in [1.29, 1.82) is 0 Å². The number of methoxy groups -OCH3 is 1. The molecule has 156 valence electrons. The van der Waals surface area contributed by atoms with Crippen LogP contribution >= 0.6 is 12.4 Å². The lowest BCUT2D eigenvalue weighted by atomic mass is 10.0. The summed E-state index contributed by atoms with van der Waals surface area (Å²) in [6, 6.07) is 8.38. The minimum absolute atomic E-state index is 0. The van der Waals surface area contributed by atoms with Crippen LogP contribution in [-0.4, -0.2) is 73.1 Å². The predicted octanol–water partition coefficient (Wildman–Crippen LogP) is 2.66. The Hall–Kier alpha value is -1.89. The van der Waals surface area contributed by atoms with Crippen LogP contribution in [0.4, 0.5) is 0 Å². The second-order valence-corrected chi connectivity index (χ2v) is 8.23. The molecule has 6 nitrogen and oxygen atoms in total. The van der Waals surface area contributed by atoms with Crippen LogP contribution in [-0.2, 0) is 0 Å². The molecule has 1 N–H and O–H groups in total. The van der Waals surface area contributed by atoms with E-state index in [0.29, 0.717) is 12.0 Å². The standard InChI is InChI=1S/C22H28N4O2.ClH/c1-28-17-4-5-20-18(12-17)19(13-21(24-20)15-2-3-15)22(27)26-9-6-16(14-26)25-10-7-23-8-11-25;/h4-5,12-13,15-16,23H,2-3,6-11,14H2,1H3;1H. The fourth-order valence-electron chi connectivity index (χ4n) is 4.56. The van der Waals surface area contributed by atoms with Crippen molar-refractivity contribution in [2.75, 3.05) is 46.4 Å². The number of likely N-dealkylation sites (tertiary alicyclic amines) is 1. The normalized spacial score (nSPS) is 22.5. The molecule has 1 aromatic carbocycles. The zero-order chi connectivity index (χ0) is 19.1. The lowest BCUT2D eigenvalue weighted by molar-refractivity contribution is 0.0775. The molecule has 5 rings (SSSR count). The van der Waals surface area contributed by atoms with Gasteiger partial charge in [-0.2, -0.15) is 0 Å². The number of nitrogens with zero attached hydrogens (tertiary/aromatic N) is 3. The number of nitrogens with one attached hydrogen (secondary N) is 1. The molecule has 0 bridgehead atoms. The Labute approximate surface area is 178 Å². The Bertz CT molecular complexity index is 896. The van der Waals surface area contributed by atoms with Crippen molar-refractivity contribution in [2.45, 2.75) is 31.2 Å². The SMILES string of the molecule is COc1ccc2nc(C3CC3)cc(C(=O)N3CCC(N4CCNCC4)C3)c2c1.Cl. The van der Waals surface area contributed by atoms with Gasteiger partial charge in [-0.1, -0.05) is 0 Å². The maximum absolute atomic E-state index is 13.5. The van der Waals surface area contributed by atoms with Crippen molar-refractivity contribution in [3.63, 3.8) is 0 Å². The number of ether oxygens (including phenoxy) is 1. The second-order valence-electron chi connectivity index (χ2n) is 8.23. The average Bonchev–Trinajstić information content (AvgIpc) is 3.49. The molecule has 2 saturated heterocycles. The molecule has 2 aromatic rings. The largest absolute Gasteiger partial charge is 0.497 e. The van der Waals surface area contributed by atoms with Crippen molar-refractivity contribution in [3.05, 3.63) is 35.5 Å². The van der Waals surface area contributed by atoms with Gasteiger partial charge in [-0.3, -0.25) is 14.7 Å². The molecule has 1 aliphatic carbocycles. The van der Waals surface area contributed by atoms with Gasteiger partial charge in [0.15, 0.2) is 0 Å². The highest BCUT2D eigenvalue weighted by Gasteiger charge is 2.33. The number of hydrogen-bond donors (Lipinski definition) is 1. The molecule has 2 aliphatic heterocycles. The summed E-state index contributed by atoms with van der Waals surface area (Å²) in [6.45, 7) is 5.90. The first-order valence-electron chi connectivity index (χ1n) is 10.5. The summed E-state index contributed by atoms with van der Waals surface area (Å²) < 4.78 is 5.40. The van der Waals surface area contributed by atoms with E-state index in [2.05, 4.69) is 10.2 Å².